The topological polar surface area (TPSA) is 102 Å². The number of nitrogens with one attached hydrogen (secondary N) is 1. The zero-order valence-electron chi connectivity index (χ0n) is 13.5. The van der Waals surface area contributed by atoms with E-state index in [0.717, 1.165) is 0 Å². The fraction of sp³-hybridized carbons (Fsp3) is 0.438. The first kappa shape index (κ1) is 18.5. The van der Waals surface area contributed by atoms with Crippen molar-refractivity contribution in [2.75, 3.05) is 32.5 Å². The first-order chi connectivity index (χ1) is 11.0. The Bertz CT molecular complexity index is 543. The Kier molecular flexibility index (Phi) is 7.59. The van der Waals surface area contributed by atoms with Gasteiger partial charge in [-0.3, -0.25) is 14.4 Å². The van der Waals surface area contributed by atoms with E-state index in [2.05, 4.69) is 10.1 Å². The minimum Gasteiger partial charge on any atom is -0.469 e. The van der Waals surface area contributed by atoms with E-state index in [4.69, 9.17) is 5.73 Å². The van der Waals surface area contributed by atoms with Crippen LogP contribution in [0.3, 0.4) is 0 Å². The minimum absolute atomic E-state index is 0.0592. The number of hydrogen-bond donors (Lipinski definition) is 2. The average molecular weight is 321 g/mol. The summed E-state index contributed by atoms with van der Waals surface area (Å²) in [6, 6.07) is 6.60. The minimum atomic E-state index is -0.411. The van der Waals surface area contributed by atoms with Crippen molar-refractivity contribution < 1.29 is 19.1 Å². The van der Waals surface area contributed by atoms with Crippen LogP contribution in [0.2, 0.25) is 0 Å². The van der Waals surface area contributed by atoms with Gasteiger partial charge in [0.05, 0.1) is 13.5 Å². The van der Waals surface area contributed by atoms with Crippen LogP contribution < -0.4 is 11.1 Å². The summed E-state index contributed by atoms with van der Waals surface area (Å²) in [6.07, 6.45) is 0.163. The number of nitrogen functional groups attached to an aromatic ring is 1. The lowest BCUT2D eigenvalue weighted by atomic mass is 10.2. The molecule has 0 bridgehead atoms. The monoisotopic (exact) mass is 321 g/mol. The molecular formula is C16H23N3O4. The summed E-state index contributed by atoms with van der Waals surface area (Å²) >= 11 is 0. The van der Waals surface area contributed by atoms with Gasteiger partial charge in [0.25, 0.3) is 5.91 Å². The number of likely N-dealkylation sites (N-methyl/N-ethyl adjacent to an activating group) is 1. The fourth-order valence-electron chi connectivity index (χ4n) is 1.97. The number of amides is 2. The van der Waals surface area contributed by atoms with Crippen LogP contribution in [-0.4, -0.2) is 49.4 Å². The Morgan fingerprint density at radius 3 is 2.39 bits per heavy atom. The van der Waals surface area contributed by atoms with Gasteiger partial charge in [0, 0.05) is 37.3 Å². The first-order valence-corrected chi connectivity index (χ1v) is 7.46. The van der Waals surface area contributed by atoms with Crippen molar-refractivity contribution >= 4 is 23.5 Å². The molecule has 126 valence electrons. The summed E-state index contributed by atoms with van der Waals surface area (Å²) in [5, 5.41) is 2.75. The van der Waals surface area contributed by atoms with Gasteiger partial charge in [-0.1, -0.05) is 0 Å². The van der Waals surface area contributed by atoms with Crippen LogP contribution in [0, 0.1) is 0 Å². The molecule has 0 unspecified atom stereocenters. The summed E-state index contributed by atoms with van der Waals surface area (Å²) in [7, 11) is 1.29. The molecule has 1 aromatic rings. The normalized spacial score (nSPS) is 10.0. The zero-order chi connectivity index (χ0) is 17.2. The zero-order valence-corrected chi connectivity index (χ0v) is 13.5. The molecule has 23 heavy (non-hydrogen) atoms. The molecular weight excluding hydrogens is 298 g/mol. The Labute approximate surface area is 135 Å². The second-order valence-corrected chi connectivity index (χ2v) is 4.93. The number of hydrogen-bond acceptors (Lipinski definition) is 5. The average Bonchev–Trinajstić information content (AvgIpc) is 2.56. The Morgan fingerprint density at radius 1 is 1.17 bits per heavy atom. The summed E-state index contributed by atoms with van der Waals surface area (Å²) in [5.74, 6) is -0.770. The molecule has 2 amide bonds. The van der Waals surface area contributed by atoms with Crippen LogP contribution in [0.4, 0.5) is 5.69 Å². The van der Waals surface area contributed by atoms with Gasteiger partial charge in [-0.2, -0.15) is 0 Å². The largest absolute Gasteiger partial charge is 0.469 e. The standard InChI is InChI=1S/C16H23N3O4/c1-3-19(14(20)8-9-15(21)23-2)11-10-18-16(22)12-4-6-13(17)7-5-12/h4-7H,3,8-11,17H2,1-2H3,(H,18,22). The van der Waals surface area contributed by atoms with Crippen molar-refractivity contribution in [3.8, 4) is 0 Å². The predicted molar refractivity (Wildman–Crippen MR) is 86.7 cm³/mol. The number of benzene rings is 1. The van der Waals surface area contributed by atoms with Crippen molar-refractivity contribution in [3.63, 3.8) is 0 Å². The van der Waals surface area contributed by atoms with Crippen molar-refractivity contribution in [2.45, 2.75) is 19.8 Å². The molecule has 0 radical (unpaired) electrons. The van der Waals surface area contributed by atoms with Crippen LogP contribution in [-0.2, 0) is 14.3 Å². The second-order valence-electron chi connectivity index (χ2n) is 4.93. The van der Waals surface area contributed by atoms with Gasteiger partial charge in [0.1, 0.15) is 0 Å². The number of carbonyl (C=O) groups excluding carboxylic acids is 3. The van der Waals surface area contributed by atoms with E-state index >= 15 is 0 Å². The number of nitrogens with two attached hydrogens (primary N) is 1. The second kappa shape index (κ2) is 9.45. The van der Waals surface area contributed by atoms with E-state index in [1.165, 1.54) is 7.11 Å². The van der Waals surface area contributed by atoms with Crippen LogP contribution in [0.15, 0.2) is 24.3 Å². The van der Waals surface area contributed by atoms with Crippen LogP contribution in [0.25, 0.3) is 0 Å². The Morgan fingerprint density at radius 2 is 1.83 bits per heavy atom. The van der Waals surface area contributed by atoms with Gasteiger partial charge in [-0.15, -0.1) is 0 Å². The highest BCUT2D eigenvalue weighted by molar-refractivity contribution is 5.94. The predicted octanol–water partition coefficient (Wildman–Crippen LogP) is 0.800. The maximum Gasteiger partial charge on any atom is 0.306 e. The number of carbonyl (C=O) groups is 3. The number of anilines is 1. The maximum absolute atomic E-state index is 12.0. The molecule has 3 N–H and O–H groups in total. The molecule has 0 aliphatic rings. The molecule has 0 atom stereocenters. The third-order valence-electron chi connectivity index (χ3n) is 3.35. The highest BCUT2D eigenvalue weighted by Gasteiger charge is 2.14. The maximum atomic E-state index is 12.0. The SMILES string of the molecule is CCN(CCNC(=O)c1ccc(N)cc1)C(=O)CCC(=O)OC. The van der Waals surface area contributed by atoms with E-state index in [9.17, 15) is 14.4 Å². The van der Waals surface area contributed by atoms with E-state index in [-0.39, 0.29) is 24.7 Å². The molecule has 0 saturated carbocycles. The molecule has 0 saturated heterocycles. The number of ether oxygens (including phenoxy) is 1. The van der Waals surface area contributed by atoms with Gasteiger partial charge < -0.3 is 20.7 Å². The third-order valence-corrected chi connectivity index (χ3v) is 3.35. The Hall–Kier alpha value is -2.57. The quantitative estimate of drug-likeness (QED) is 0.545. The van der Waals surface area contributed by atoms with Gasteiger partial charge in [0.2, 0.25) is 5.91 Å². The molecule has 7 nitrogen and oxygen atoms in total. The van der Waals surface area contributed by atoms with Gasteiger partial charge in [-0.05, 0) is 31.2 Å². The lowest BCUT2D eigenvalue weighted by molar-refractivity contribution is -0.143. The van der Waals surface area contributed by atoms with Crippen LogP contribution in [0.1, 0.15) is 30.1 Å². The van der Waals surface area contributed by atoms with E-state index < -0.39 is 5.97 Å². The molecule has 1 rings (SSSR count). The highest BCUT2D eigenvalue weighted by Crippen LogP contribution is 2.05. The van der Waals surface area contributed by atoms with Gasteiger partial charge in [-0.25, -0.2) is 0 Å². The van der Waals surface area contributed by atoms with Crippen LogP contribution >= 0.6 is 0 Å². The lowest BCUT2D eigenvalue weighted by Crippen LogP contribution is -2.38. The highest BCUT2D eigenvalue weighted by atomic mass is 16.5. The molecule has 1 aromatic carbocycles. The van der Waals surface area contributed by atoms with Crippen molar-refractivity contribution in [2.24, 2.45) is 0 Å². The van der Waals surface area contributed by atoms with Crippen LogP contribution in [0.5, 0.6) is 0 Å². The van der Waals surface area contributed by atoms with E-state index in [1.807, 2.05) is 6.92 Å². The van der Waals surface area contributed by atoms with Crippen molar-refractivity contribution in [3.05, 3.63) is 29.8 Å². The number of rotatable bonds is 8. The third kappa shape index (κ3) is 6.37. The smallest absolute Gasteiger partial charge is 0.306 e. The molecule has 0 aromatic heterocycles. The summed E-state index contributed by atoms with van der Waals surface area (Å²) in [4.78, 5) is 36.5. The molecule has 0 spiro atoms. The molecule has 0 heterocycles. The molecule has 0 aliphatic heterocycles. The summed E-state index contributed by atoms with van der Waals surface area (Å²) in [6.45, 7) is 3.08. The summed E-state index contributed by atoms with van der Waals surface area (Å²) in [5.41, 5.74) is 6.67. The number of nitrogens with zero attached hydrogens (tertiary/aromatic N) is 1. The van der Waals surface area contributed by atoms with Crippen molar-refractivity contribution in [1.29, 1.82) is 0 Å². The van der Waals surface area contributed by atoms with Gasteiger partial charge >= 0.3 is 5.97 Å². The number of methoxy groups -OCH3 is 1. The Balaban J connectivity index is 2.39. The van der Waals surface area contributed by atoms with Crippen molar-refractivity contribution in [1.82, 2.24) is 10.2 Å². The molecule has 0 fully saturated rings. The van der Waals surface area contributed by atoms with Gasteiger partial charge in [0.15, 0.2) is 0 Å². The molecule has 0 aliphatic carbocycles. The first-order valence-electron chi connectivity index (χ1n) is 7.46. The fourth-order valence-corrected chi connectivity index (χ4v) is 1.97. The summed E-state index contributed by atoms with van der Waals surface area (Å²) < 4.78 is 4.51. The molecule has 7 heteroatoms. The van der Waals surface area contributed by atoms with E-state index in [0.29, 0.717) is 30.9 Å². The van der Waals surface area contributed by atoms with E-state index in [1.54, 1.807) is 29.2 Å². The lowest BCUT2D eigenvalue weighted by Gasteiger charge is -2.21. The number of esters is 1.